The molecule has 0 saturated carbocycles. The number of rotatable bonds is 6. The molecule has 0 radical (unpaired) electrons. The van der Waals surface area contributed by atoms with Crippen molar-refractivity contribution in [1.82, 2.24) is 4.72 Å². The Kier molecular flexibility index (Phi) is 4.72. The highest BCUT2D eigenvalue weighted by Gasteiger charge is 2.13. The summed E-state index contributed by atoms with van der Waals surface area (Å²) >= 11 is 0. The standard InChI is InChI=1S/C12H18N2O2S/c1-3-4-5-6-14-17(15,16)12-8-10(2)7-11(13)9-12/h3,7-9,14H,1,4-6,13H2,2H3. The Morgan fingerprint density at radius 1 is 1.41 bits per heavy atom. The molecule has 0 aromatic heterocycles. The fourth-order valence-electron chi connectivity index (χ4n) is 1.47. The van der Waals surface area contributed by atoms with Crippen LogP contribution in [0.25, 0.3) is 0 Å². The zero-order chi connectivity index (χ0) is 12.9. The van der Waals surface area contributed by atoms with E-state index in [2.05, 4.69) is 11.3 Å². The summed E-state index contributed by atoms with van der Waals surface area (Å²) in [6.45, 7) is 5.80. The van der Waals surface area contributed by atoms with Crippen LogP contribution in [0, 0.1) is 6.92 Å². The van der Waals surface area contributed by atoms with Gasteiger partial charge in [-0.05, 0) is 43.5 Å². The van der Waals surface area contributed by atoms with Crippen LogP contribution in [0.15, 0.2) is 35.7 Å². The lowest BCUT2D eigenvalue weighted by Crippen LogP contribution is -2.24. The van der Waals surface area contributed by atoms with E-state index in [4.69, 9.17) is 5.73 Å². The summed E-state index contributed by atoms with van der Waals surface area (Å²) in [4.78, 5) is 0.216. The summed E-state index contributed by atoms with van der Waals surface area (Å²) in [5.74, 6) is 0. The first-order valence-corrected chi connectivity index (χ1v) is 6.92. The zero-order valence-electron chi connectivity index (χ0n) is 9.94. The molecule has 0 heterocycles. The fraction of sp³-hybridized carbons (Fsp3) is 0.333. The molecular weight excluding hydrogens is 236 g/mol. The van der Waals surface area contributed by atoms with Gasteiger partial charge < -0.3 is 5.73 Å². The van der Waals surface area contributed by atoms with Crippen molar-refractivity contribution in [3.05, 3.63) is 36.4 Å². The highest BCUT2D eigenvalue weighted by Crippen LogP contribution is 2.15. The van der Waals surface area contributed by atoms with Gasteiger partial charge in [0, 0.05) is 12.2 Å². The van der Waals surface area contributed by atoms with Gasteiger partial charge in [0.15, 0.2) is 0 Å². The van der Waals surface area contributed by atoms with Crippen LogP contribution in [0.5, 0.6) is 0 Å². The van der Waals surface area contributed by atoms with Gasteiger partial charge in [-0.3, -0.25) is 0 Å². The minimum Gasteiger partial charge on any atom is -0.399 e. The normalized spacial score (nSPS) is 11.4. The van der Waals surface area contributed by atoms with Crippen molar-refractivity contribution >= 4 is 15.7 Å². The minimum absolute atomic E-state index is 0.216. The molecule has 1 aromatic rings. The third-order valence-corrected chi connectivity index (χ3v) is 3.70. The number of anilines is 1. The van der Waals surface area contributed by atoms with E-state index in [-0.39, 0.29) is 4.90 Å². The van der Waals surface area contributed by atoms with E-state index in [1.807, 2.05) is 6.92 Å². The van der Waals surface area contributed by atoms with Crippen molar-refractivity contribution in [3.8, 4) is 0 Å². The molecule has 0 aliphatic rings. The highest BCUT2D eigenvalue weighted by atomic mass is 32.2. The van der Waals surface area contributed by atoms with Gasteiger partial charge in [0.25, 0.3) is 0 Å². The van der Waals surface area contributed by atoms with Gasteiger partial charge >= 0.3 is 0 Å². The summed E-state index contributed by atoms with van der Waals surface area (Å²) in [5.41, 5.74) is 6.91. The lowest BCUT2D eigenvalue weighted by molar-refractivity contribution is 0.579. The number of allylic oxidation sites excluding steroid dienone is 1. The van der Waals surface area contributed by atoms with Crippen molar-refractivity contribution in [1.29, 1.82) is 0 Å². The summed E-state index contributed by atoms with van der Waals surface area (Å²) in [6.07, 6.45) is 3.29. The number of nitrogens with two attached hydrogens (primary N) is 1. The third-order valence-electron chi connectivity index (χ3n) is 2.26. The predicted octanol–water partition coefficient (Wildman–Crippen LogP) is 1.82. The smallest absolute Gasteiger partial charge is 0.240 e. The Bertz CT molecular complexity index is 475. The molecule has 4 nitrogen and oxygen atoms in total. The van der Waals surface area contributed by atoms with Crippen LogP contribution < -0.4 is 10.5 Å². The summed E-state index contributed by atoms with van der Waals surface area (Å²) < 4.78 is 26.3. The second kappa shape index (κ2) is 5.84. The minimum atomic E-state index is -3.45. The van der Waals surface area contributed by atoms with Crippen LogP contribution in [0.4, 0.5) is 5.69 Å². The molecule has 1 aromatic carbocycles. The van der Waals surface area contributed by atoms with E-state index in [9.17, 15) is 8.42 Å². The van der Waals surface area contributed by atoms with Crippen LogP contribution in [-0.4, -0.2) is 15.0 Å². The monoisotopic (exact) mass is 254 g/mol. The van der Waals surface area contributed by atoms with Gasteiger partial charge in [0.2, 0.25) is 10.0 Å². The molecule has 0 fully saturated rings. The average Bonchev–Trinajstić information content (AvgIpc) is 2.23. The van der Waals surface area contributed by atoms with Gasteiger partial charge in [-0.15, -0.1) is 6.58 Å². The molecule has 0 aliphatic heterocycles. The van der Waals surface area contributed by atoms with E-state index >= 15 is 0 Å². The maximum absolute atomic E-state index is 11.9. The first-order chi connectivity index (χ1) is 7.95. The number of benzene rings is 1. The van der Waals surface area contributed by atoms with E-state index in [1.165, 1.54) is 6.07 Å². The molecule has 94 valence electrons. The molecule has 0 saturated heterocycles. The first kappa shape index (κ1) is 13.7. The number of hydrogen-bond acceptors (Lipinski definition) is 3. The molecule has 0 atom stereocenters. The molecule has 0 amide bonds. The lowest BCUT2D eigenvalue weighted by atomic mass is 10.2. The Morgan fingerprint density at radius 2 is 2.12 bits per heavy atom. The first-order valence-electron chi connectivity index (χ1n) is 5.43. The van der Waals surface area contributed by atoms with E-state index in [1.54, 1.807) is 18.2 Å². The van der Waals surface area contributed by atoms with Gasteiger partial charge in [-0.2, -0.15) is 0 Å². The molecule has 0 bridgehead atoms. The Morgan fingerprint density at radius 3 is 2.71 bits per heavy atom. The molecule has 17 heavy (non-hydrogen) atoms. The Balaban J connectivity index is 2.78. The fourth-order valence-corrected chi connectivity index (χ4v) is 2.68. The van der Waals surface area contributed by atoms with E-state index < -0.39 is 10.0 Å². The van der Waals surface area contributed by atoms with Crippen molar-refractivity contribution in [2.75, 3.05) is 12.3 Å². The number of sulfonamides is 1. The number of nitrogen functional groups attached to an aromatic ring is 1. The van der Waals surface area contributed by atoms with Crippen molar-refractivity contribution in [2.45, 2.75) is 24.7 Å². The maximum Gasteiger partial charge on any atom is 0.240 e. The van der Waals surface area contributed by atoms with Crippen molar-refractivity contribution in [2.24, 2.45) is 0 Å². The quantitative estimate of drug-likeness (QED) is 0.462. The van der Waals surface area contributed by atoms with Crippen molar-refractivity contribution in [3.63, 3.8) is 0 Å². The topological polar surface area (TPSA) is 72.2 Å². The number of nitrogens with one attached hydrogen (secondary N) is 1. The van der Waals surface area contributed by atoms with E-state index in [0.29, 0.717) is 12.2 Å². The van der Waals surface area contributed by atoms with Crippen molar-refractivity contribution < 1.29 is 8.42 Å². The van der Waals surface area contributed by atoms with Gasteiger partial charge in [0.05, 0.1) is 4.90 Å². The van der Waals surface area contributed by atoms with Gasteiger partial charge in [-0.25, -0.2) is 13.1 Å². The summed E-state index contributed by atoms with van der Waals surface area (Å²) in [5, 5.41) is 0. The number of hydrogen-bond donors (Lipinski definition) is 2. The largest absolute Gasteiger partial charge is 0.399 e. The van der Waals surface area contributed by atoms with E-state index in [0.717, 1.165) is 18.4 Å². The maximum atomic E-state index is 11.9. The summed E-state index contributed by atoms with van der Waals surface area (Å²) in [6, 6.07) is 4.80. The SMILES string of the molecule is C=CCCCNS(=O)(=O)c1cc(C)cc(N)c1. The predicted molar refractivity (Wildman–Crippen MR) is 70.2 cm³/mol. The van der Waals surface area contributed by atoms with Gasteiger partial charge in [0.1, 0.15) is 0 Å². The zero-order valence-corrected chi connectivity index (χ0v) is 10.8. The number of aryl methyl sites for hydroxylation is 1. The molecule has 5 heteroatoms. The number of unbranched alkanes of at least 4 members (excludes halogenated alkanes) is 1. The molecule has 3 N–H and O–H groups in total. The molecule has 0 unspecified atom stereocenters. The van der Waals surface area contributed by atoms with Crippen LogP contribution >= 0.6 is 0 Å². The Hall–Kier alpha value is -1.33. The lowest BCUT2D eigenvalue weighted by Gasteiger charge is -2.07. The average molecular weight is 254 g/mol. The molecule has 0 spiro atoms. The summed E-state index contributed by atoms with van der Waals surface area (Å²) in [7, 11) is -3.45. The van der Waals surface area contributed by atoms with Crippen LogP contribution in [0.2, 0.25) is 0 Å². The second-order valence-corrected chi connectivity index (χ2v) is 5.68. The van der Waals surface area contributed by atoms with Crippen LogP contribution in [-0.2, 0) is 10.0 Å². The Labute approximate surface area is 103 Å². The van der Waals surface area contributed by atoms with Crippen LogP contribution in [0.3, 0.4) is 0 Å². The third kappa shape index (κ3) is 4.20. The highest BCUT2D eigenvalue weighted by molar-refractivity contribution is 7.89. The van der Waals surface area contributed by atoms with Gasteiger partial charge in [-0.1, -0.05) is 6.08 Å². The molecular formula is C12H18N2O2S. The molecule has 0 aliphatic carbocycles. The second-order valence-electron chi connectivity index (χ2n) is 3.91. The molecule has 1 rings (SSSR count). The van der Waals surface area contributed by atoms with Crippen LogP contribution in [0.1, 0.15) is 18.4 Å².